The molecular weight excluding hydrogens is 259 g/mol. The Bertz CT molecular complexity index is 721. The molecule has 3 aromatic rings. The zero-order valence-electron chi connectivity index (χ0n) is 10.0. The van der Waals surface area contributed by atoms with Gasteiger partial charge in [0, 0.05) is 22.2 Å². The molecular formula is C15H11FN2S. The third-order valence-corrected chi connectivity index (χ3v) is 3.69. The highest BCUT2D eigenvalue weighted by molar-refractivity contribution is 7.13. The van der Waals surface area contributed by atoms with Crippen molar-refractivity contribution in [3.63, 3.8) is 0 Å². The van der Waals surface area contributed by atoms with Crippen LogP contribution in [0.2, 0.25) is 0 Å². The summed E-state index contributed by atoms with van der Waals surface area (Å²) >= 11 is 1.50. The van der Waals surface area contributed by atoms with E-state index in [1.165, 1.54) is 23.5 Å². The number of halogens is 1. The summed E-state index contributed by atoms with van der Waals surface area (Å²) < 4.78 is 13.2. The number of hydrogen-bond acceptors (Lipinski definition) is 3. The van der Waals surface area contributed by atoms with Gasteiger partial charge in [0.05, 0.1) is 5.69 Å². The number of nitrogens with two attached hydrogens (primary N) is 1. The number of anilines is 1. The van der Waals surface area contributed by atoms with Crippen molar-refractivity contribution in [3.8, 4) is 21.8 Å². The summed E-state index contributed by atoms with van der Waals surface area (Å²) in [6.07, 6.45) is 0. The third-order valence-electron chi connectivity index (χ3n) is 2.82. The van der Waals surface area contributed by atoms with E-state index >= 15 is 0 Å². The summed E-state index contributed by atoms with van der Waals surface area (Å²) in [5.41, 5.74) is 9.08. The molecule has 0 amide bonds. The maximum atomic E-state index is 13.2. The molecule has 0 fully saturated rings. The largest absolute Gasteiger partial charge is 0.398 e. The lowest BCUT2D eigenvalue weighted by Gasteiger charge is -2.00. The highest BCUT2D eigenvalue weighted by atomic mass is 32.1. The van der Waals surface area contributed by atoms with Gasteiger partial charge >= 0.3 is 0 Å². The van der Waals surface area contributed by atoms with Crippen LogP contribution in [0.25, 0.3) is 21.8 Å². The average molecular weight is 270 g/mol. The number of hydrogen-bond donors (Lipinski definition) is 1. The Morgan fingerprint density at radius 3 is 2.68 bits per heavy atom. The van der Waals surface area contributed by atoms with Crippen molar-refractivity contribution < 1.29 is 4.39 Å². The lowest BCUT2D eigenvalue weighted by molar-refractivity contribution is 0.628. The van der Waals surface area contributed by atoms with Crippen LogP contribution in [0.5, 0.6) is 0 Å². The fourth-order valence-corrected chi connectivity index (χ4v) is 2.75. The van der Waals surface area contributed by atoms with Crippen molar-refractivity contribution in [2.45, 2.75) is 0 Å². The van der Waals surface area contributed by atoms with Gasteiger partial charge in [-0.2, -0.15) is 0 Å². The maximum absolute atomic E-state index is 13.2. The second-order valence-electron chi connectivity index (χ2n) is 4.14. The molecule has 19 heavy (non-hydrogen) atoms. The van der Waals surface area contributed by atoms with E-state index < -0.39 is 0 Å². The van der Waals surface area contributed by atoms with E-state index in [0.717, 1.165) is 21.8 Å². The molecule has 0 bridgehead atoms. The summed E-state index contributed by atoms with van der Waals surface area (Å²) in [5.74, 6) is -0.258. The second-order valence-corrected chi connectivity index (χ2v) is 4.99. The fourth-order valence-electron chi connectivity index (χ4n) is 1.87. The Balaban J connectivity index is 2.03. The Kier molecular flexibility index (Phi) is 3.01. The molecule has 4 heteroatoms. The first-order chi connectivity index (χ1) is 9.24. The van der Waals surface area contributed by atoms with Gasteiger partial charge in [-0.1, -0.05) is 24.3 Å². The number of thiazole rings is 1. The van der Waals surface area contributed by atoms with Gasteiger partial charge in [-0.05, 0) is 24.3 Å². The van der Waals surface area contributed by atoms with Crippen LogP contribution in [0.1, 0.15) is 0 Å². The standard InChI is InChI=1S/C15H11FN2S/c16-11-5-3-4-10(8-11)14-9-19-15(18-14)12-6-1-2-7-13(12)17/h1-9H,17H2. The van der Waals surface area contributed by atoms with Crippen molar-refractivity contribution in [2.75, 3.05) is 5.73 Å². The summed E-state index contributed by atoms with van der Waals surface area (Å²) in [6, 6.07) is 14.0. The zero-order valence-corrected chi connectivity index (χ0v) is 10.8. The molecule has 0 atom stereocenters. The quantitative estimate of drug-likeness (QED) is 0.709. The smallest absolute Gasteiger partial charge is 0.126 e. The fraction of sp³-hybridized carbons (Fsp3) is 0. The van der Waals surface area contributed by atoms with Gasteiger partial charge in [0.1, 0.15) is 10.8 Å². The van der Waals surface area contributed by atoms with Gasteiger partial charge in [0.2, 0.25) is 0 Å². The summed E-state index contributed by atoms with van der Waals surface area (Å²) in [7, 11) is 0. The first kappa shape index (κ1) is 11.9. The number of para-hydroxylation sites is 1. The Morgan fingerprint density at radius 1 is 1.05 bits per heavy atom. The van der Waals surface area contributed by atoms with Crippen LogP contribution in [0.3, 0.4) is 0 Å². The zero-order chi connectivity index (χ0) is 13.2. The van der Waals surface area contributed by atoms with Gasteiger partial charge in [-0.25, -0.2) is 9.37 Å². The topological polar surface area (TPSA) is 38.9 Å². The minimum absolute atomic E-state index is 0.258. The minimum atomic E-state index is -0.258. The maximum Gasteiger partial charge on any atom is 0.126 e. The van der Waals surface area contributed by atoms with E-state index in [9.17, 15) is 4.39 Å². The van der Waals surface area contributed by atoms with Crippen molar-refractivity contribution in [1.82, 2.24) is 4.98 Å². The molecule has 0 spiro atoms. The van der Waals surface area contributed by atoms with E-state index in [1.807, 2.05) is 35.7 Å². The summed E-state index contributed by atoms with van der Waals surface area (Å²) in [6.45, 7) is 0. The molecule has 3 rings (SSSR count). The van der Waals surface area contributed by atoms with Gasteiger partial charge in [-0.3, -0.25) is 0 Å². The van der Waals surface area contributed by atoms with Crippen LogP contribution in [0, 0.1) is 5.82 Å². The van der Waals surface area contributed by atoms with E-state index in [-0.39, 0.29) is 5.82 Å². The van der Waals surface area contributed by atoms with Crippen molar-refractivity contribution in [3.05, 3.63) is 59.7 Å². The molecule has 0 aliphatic carbocycles. The molecule has 0 saturated heterocycles. The van der Waals surface area contributed by atoms with E-state index in [1.54, 1.807) is 6.07 Å². The van der Waals surface area contributed by atoms with Gasteiger partial charge in [0.15, 0.2) is 0 Å². The first-order valence-electron chi connectivity index (χ1n) is 5.80. The molecule has 0 radical (unpaired) electrons. The number of nitrogens with zero attached hydrogens (tertiary/aromatic N) is 1. The predicted octanol–water partition coefficient (Wildman–Crippen LogP) is 4.20. The molecule has 0 saturated carbocycles. The van der Waals surface area contributed by atoms with Crippen LogP contribution >= 0.6 is 11.3 Å². The predicted molar refractivity (Wildman–Crippen MR) is 77.4 cm³/mol. The van der Waals surface area contributed by atoms with Gasteiger partial charge in [0.25, 0.3) is 0 Å². The highest BCUT2D eigenvalue weighted by Gasteiger charge is 2.09. The van der Waals surface area contributed by atoms with E-state index in [4.69, 9.17) is 5.73 Å². The van der Waals surface area contributed by atoms with Gasteiger partial charge in [-0.15, -0.1) is 11.3 Å². The van der Waals surface area contributed by atoms with Crippen LogP contribution < -0.4 is 5.73 Å². The summed E-state index contributed by atoms with van der Waals surface area (Å²) in [4.78, 5) is 4.52. The molecule has 0 aliphatic heterocycles. The van der Waals surface area contributed by atoms with Gasteiger partial charge < -0.3 is 5.73 Å². The lowest BCUT2D eigenvalue weighted by atomic mass is 10.1. The molecule has 0 unspecified atom stereocenters. The van der Waals surface area contributed by atoms with Crippen LogP contribution in [0.15, 0.2) is 53.9 Å². The number of benzene rings is 2. The Morgan fingerprint density at radius 2 is 1.89 bits per heavy atom. The molecule has 1 aromatic heterocycles. The van der Waals surface area contributed by atoms with Crippen LogP contribution in [-0.4, -0.2) is 4.98 Å². The normalized spacial score (nSPS) is 10.6. The minimum Gasteiger partial charge on any atom is -0.398 e. The van der Waals surface area contributed by atoms with Crippen molar-refractivity contribution >= 4 is 17.0 Å². The lowest BCUT2D eigenvalue weighted by Crippen LogP contribution is -1.88. The monoisotopic (exact) mass is 270 g/mol. The average Bonchev–Trinajstić information content (AvgIpc) is 2.89. The summed E-state index contributed by atoms with van der Waals surface area (Å²) in [5, 5.41) is 2.76. The third kappa shape index (κ3) is 2.35. The Hall–Kier alpha value is -2.20. The number of aromatic nitrogens is 1. The molecule has 2 N–H and O–H groups in total. The molecule has 0 aliphatic rings. The number of nitrogen functional groups attached to an aromatic ring is 1. The molecule has 2 aromatic carbocycles. The molecule has 94 valence electrons. The molecule has 2 nitrogen and oxygen atoms in total. The molecule has 1 heterocycles. The second kappa shape index (κ2) is 4.82. The highest BCUT2D eigenvalue weighted by Crippen LogP contribution is 2.31. The van der Waals surface area contributed by atoms with Crippen LogP contribution in [-0.2, 0) is 0 Å². The van der Waals surface area contributed by atoms with Crippen molar-refractivity contribution in [1.29, 1.82) is 0 Å². The first-order valence-corrected chi connectivity index (χ1v) is 6.68. The van der Waals surface area contributed by atoms with Crippen molar-refractivity contribution in [2.24, 2.45) is 0 Å². The van der Waals surface area contributed by atoms with E-state index in [0.29, 0.717) is 5.69 Å². The van der Waals surface area contributed by atoms with Crippen LogP contribution in [0.4, 0.5) is 10.1 Å². The SMILES string of the molecule is Nc1ccccc1-c1nc(-c2cccc(F)c2)cs1. The Labute approximate surface area is 114 Å². The van der Waals surface area contributed by atoms with E-state index in [2.05, 4.69) is 4.98 Å². The number of rotatable bonds is 2.